The van der Waals surface area contributed by atoms with Gasteiger partial charge in [0.25, 0.3) is 0 Å². The molecule has 2 aromatic carbocycles. The Morgan fingerprint density at radius 2 is 2.04 bits per heavy atom. The molecule has 136 valence electrons. The summed E-state index contributed by atoms with van der Waals surface area (Å²) in [6, 6.07) is 10.7. The summed E-state index contributed by atoms with van der Waals surface area (Å²) in [5.74, 6) is 0.0780. The summed E-state index contributed by atoms with van der Waals surface area (Å²) in [5, 5.41) is 0. The number of hydrogen-bond donors (Lipinski definition) is 0. The highest BCUT2D eigenvalue weighted by atomic mass is 19.1. The highest BCUT2D eigenvalue weighted by Crippen LogP contribution is 2.30. The summed E-state index contributed by atoms with van der Waals surface area (Å²) in [7, 11) is 0. The average molecular weight is 356 g/mol. The van der Waals surface area contributed by atoms with Gasteiger partial charge in [-0.2, -0.15) is 0 Å². The molecule has 1 aliphatic heterocycles. The lowest BCUT2D eigenvalue weighted by Gasteiger charge is -2.20. The van der Waals surface area contributed by atoms with Gasteiger partial charge < -0.3 is 14.2 Å². The van der Waals surface area contributed by atoms with Crippen LogP contribution in [-0.2, 0) is 27.5 Å². The third kappa shape index (κ3) is 4.49. The minimum absolute atomic E-state index is 0.0600. The first kappa shape index (κ1) is 18.1. The van der Waals surface area contributed by atoms with Crippen molar-refractivity contribution in [2.45, 2.75) is 33.0 Å². The van der Waals surface area contributed by atoms with Crippen LogP contribution in [0.4, 0.5) is 4.39 Å². The highest BCUT2D eigenvalue weighted by Gasteiger charge is 2.17. The molecule has 0 spiro atoms. The van der Waals surface area contributed by atoms with Crippen LogP contribution >= 0.6 is 0 Å². The molecule has 4 nitrogen and oxygen atoms in total. The van der Waals surface area contributed by atoms with E-state index in [-0.39, 0.29) is 20.0 Å². The summed E-state index contributed by atoms with van der Waals surface area (Å²) in [6.07, 6.45) is 3.05. The van der Waals surface area contributed by atoms with Gasteiger partial charge in [-0.1, -0.05) is 38.1 Å². The molecule has 0 unspecified atom stereocenters. The fraction of sp³-hybridized carbons (Fsp3) is 0.286. The Balaban J connectivity index is 1.61. The molecule has 0 N–H and O–H groups in total. The Morgan fingerprint density at radius 3 is 2.77 bits per heavy atom. The smallest absolute Gasteiger partial charge is 0.331 e. The van der Waals surface area contributed by atoms with Crippen LogP contribution in [0.3, 0.4) is 0 Å². The second-order valence-electron chi connectivity index (χ2n) is 6.43. The monoisotopic (exact) mass is 356 g/mol. The molecule has 5 heteroatoms. The van der Waals surface area contributed by atoms with Gasteiger partial charge in [0.2, 0.25) is 0 Å². The predicted molar refractivity (Wildman–Crippen MR) is 96.0 cm³/mol. The van der Waals surface area contributed by atoms with Crippen molar-refractivity contribution in [3.8, 4) is 5.75 Å². The largest absolute Gasteiger partial charge is 0.467 e. The van der Waals surface area contributed by atoms with E-state index in [1.54, 1.807) is 6.08 Å². The Kier molecular flexibility index (Phi) is 5.68. The predicted octanol–water partition coefficient (Wildman–Crippen LogP) is 4.57. The zero-order chi connectivity index (χ0) is 18.5. The van der Waals surface area contributed by atoms with Crippen LogP contribution in [0, 0.1) is 5.82 Å². The number of carbonyl (C=O) groups is 1. The Morgan fingerprint density at radius 1 is 1.27 bits per heavy atom. The van der Waals surface area contributed by atoms with Crippen LogP contribution in [0.2, 0.25) is 0 Å². The van der Waals surface area contributed by atoms with Gasteiger partial charge in [-0.3, -0.25) is 0 Å². The molecule has 0 aromatic heterocycles. The van der Waals surface area contributed by atoms with E-state index in [4.69, 9.17) is 14.2 Å². The fourth-order valence-electron chi connectivity index (χ4n) is 2.72. The van der Waals surface area contributed by atoms with E-state index in [1.165, 1.54) is 23.8 Å². The summed E-state index contributed by atoms with van der Waals surface area (Å²) in [5.41, 5.74) is 3.26. The van der Waals surface area contributed by atoms with Crippen molar-refractivity contribution < 1.29 is 23.4 Å². The van der Waals surface area contributed by atoms with Crippen LogP contribution in [0.25, 0.3) is 6.08 Å². The van der Waals surface area contributed by atoms with E-state index < -0.39 is 11.8 Å². The quantitative estimate of drug-likeness (QED) is 0.581. The first-order chi connectivity index (χ1) is 12.5. The van der Waals surface area contributed by atoms with Crippen LogP contribution in [0.1, 0.15) is 42.0 Å². The summed E-state index contributed by atoms with van der Waals surface area (Å²) >= 11 is 0. The van der Waals surface area contributed by atoms with Crippen molar-refractivity contribution in [2.24, 2.45) is 0 Å². The van der Waals surface area contributed by atoms with Gasteiger partial charge in [0, 0.05) is 17.2 Å². The van der Waals surface area contributed by atoms with Crippen molar-refractivity contribution in [3.63, 3.8) is 0 Å². The van der Waals surface area contributed by atoms with Crippen molar-refractivity contribution in [3.05, 3.63) is 70.5 Å². The maximum absolute atomic E-state index is 13.7. The van der Waals surface area contributed by atoms with Gasteiger partial charge in [-0.25, -0.2) is 9.18 Å². The topological polar surface area (TPSA) is 44.8 Å². The van der Waals surface area contributed by atoms with E-state index in [0.717, 1.165) is 5.56 Å². The van der Waals surface area contributed by atoms with E-state index >= 15 is 0 Å². The Bertz CT molecular complexity index is 810. The SMILES string of the molecule is CC(C)c1ccc(/C=C/C(=O)OCc2cc(F)cc3c2OCOC3)cc1. The molecule has 0 saturated carbocycles. The van der Waals surface area contributed by atoms with Gasteiger partial charge in [-0.15, -0.1) is 0 Å². The lowest BCUT2D eigenvalue weighted by Crippen LogP contribution is -2.14. The molecule has 3 rings (SSSR count). The Hall–Kier alpha value is -2.66. The molecule has 1 heterocycles. The lowest BCUT2D eigenvalue weighted by atomic mass is 10.0. The standard InChI is InChI=1S/C21H21FO4/c1-14(2)16-6-3-15(4-7-16)5-8-20(23)25-12-18-10-19(22)9-17-11-24-13-26-21(17)18/h3-10,14H,11-13H2,1-2H3/b8-5+. The number of ether oxygens (including phenoxy) is 3. The number of rotatable bonds is 5. The van der Waals surface area contributed by atoms with Gasteiger partial charge in [0.15, 0.2) is 6.79 Å². The summed E-state index contributed by atoms with van der Waals surface area (Å²) in [4.78, 5) is 11.9. The Labute approximate surface area is 152 Å². The van der Waals surface area contributed by atoms with E-state index in [2.05, 4.69) is 13.8 Å². The minimum Gasteiger partial charge on any atom is -0.467 e. The minimum atomic E-state index is -0.497. The molecule has 26 heavy (non-hydrogen) atoms. The number of esters is 1. The highest BCUT2D eigenvalue weighted by molar-refractivity contribution is 5.87. The third-order valence-electron chi connectivity index (χ3n) is 4.14. The van der Waals surface area contributed by atoms with Crippen molar-refractivity contribution >= 4 is 12.0 Å². The third-order valence-corrected chi connectivity index (χ3v) is 4.14. The molecule has 0 fully saturated rings. The number of hydrogen-bond acceptors (Lipinski definition) is 4. The molecule has 0 bridgehead atoms. The molecular formula is C21H21FO4. The van der Waals surface area contributed by atoms with Gasteiger partial charge >= 0.3 is 5.97 Å². The van der Waals surface area contributed by atoms with Crippen molar-refractivity contribution in [1.82, 2.24) is 0 Å². The van der Waals surface area contributed by atoms with Crippen LogP contribution in [-0.4, -0.2) is 12.8 Å². The van der Waals surface area contributed by atoms with Crippen LogP contribution < -0.4 is 4.74 Å². The second-order valence-corrected chi connectivity index (χ2v) is 6.43. The average Bonchev–Trinajstić information content (AvgIpc) is 2.64. The van der Waals surface area contributed by atoms with Crippen LogP contribution in [0.5, 0.6) is 5.75 Å². The molecule has 0 aliphatic carbocycles. The molecule has 1 aliphatic rings. The van der Waals surface area contributed by atoms with Gasteiger partial charge in [-0.05, 0) is 35.3 Å². The second kappa shape index (κ2) is 8.15. The number of fused-ring (bicyclic) bond motifs is 1. The van der Waals surface area contributed by atoms with E-state index in [0.29, 0.717) is 22.8 Å². The fourth-order valence-corrected chi connectivity index (χ4v) is 2.72. The van der Waals surface area contributed by atoms with E-state index in [9.17, 15) is 9.18 Å². The number of benzene rings is 2. The zero-order valence-corrected chi connectivity index (χ0v) is 14.8. The number of halogens is 1. The number of carbonyl (C=O) groups excluding carboxylic acids is 1. The summed E-state index contributed by atoms with van der Waals surface area (Å²) < 4.78 is 29.4. The zero-order valence-electron chi connectivity index (χ0n) is 14.8. The van der Waals surface area contributed by atoms with E-state index in [1.807, 2.05) is 24.3 Å². The van der Waals surface area contributed by atoms with Gasteiger partial charge in [0.1, 0.15) is 18.2 Å². The lowest BCUT2D eigenvalue weighted by molar-refractivity contribution is -0.139. The molecule has 0 saturated heterocycles. The molecular weight excluding hydrogens is 335 g/mol. The first-order valence-electron chi connectivity index (χ1n) is 8.49. The molecule has 0 radical (unpaired) electrons. The maximum atomic E-state index is 13.7. The normalized spacial score (nSPS) is 13.5. The molecule has 0 amide bonds. The molecule has 2 aromatic rings. The first-order valence-corrected chi connectivity index (χ1v) is 8.49. The van der Waals surface area contributed by atoms with Crippen LogP contribution in [0.15, 0.2) is 42.5 Å². The van der Waals surface area contributed by atoms with Gasteiger partial charge in [0.05, 0.1) is 6.61 Å². The van der Waals surface area contributed by atoms with Crippen molar-refractivity contribution in [1.29, 1.82) is 0 Å². The van der Waals surface area contributed by atoms with Crippen molar-refractivity contribution in [2.75, 3.05) is 6.79 Å². The maximum Gasteiger partial charge on any atom is 0.331 e. The summed E-state index contributed by atoms with van der Waals surface area (Å²) in [6.45, 7) is 4.58. The molecule has 0 atom stereocenters.